The molecule has 14 heavy (non-hydrogen) atoms. The maximum absolute atomic E-state index is 5.36. The Bertz CT molecular complexity index is 231. The second kappa shape index (κ2) is 5.85. The maximum atomic E-state index is 5.36. The SMILES string of the molecule is C#C/C(C)=C/C(CC)N1CCNCC1. The summed E-state index contributed by atoms with van der Waals surface area (Å²) in [6.45, 7) is 8.68. The minimum Gasteiger partial charge on any atom is -0.314 e. The smallest absolute Gasteiger partial charge is 0.0288 e. The molecule has 0 amide bonds. The second-order valence-electron chi connectivity index (χ2n) is 3.76. The van der Waals surface area contributed by atoms with Gasteiger partial charge in [-0.1, -0.05) is 18.9 Å². The van der Waals surface area contributed by atoms with Crippen molar-refractivity contribution in [1.29, 1.82) is 0 Å². The summed E-state index contributed by atoms with van der Waals surface area (Å²) in [6, 6.07) is 0.521. The van der Waals surface area contributed by atoms with Crippen molar-refractivity contribution in [3.8, 4) is 12.3 Å². The molecular weight excluding hydrogens is 172 g/mol. The van der Waals surface area contributed by atoms with Crippen molar-refractivity contribution in [2.24, 2.45) is 0 Å². The summed E-state index contributed by atoms with van der Waals surface area (Å²) in [5.74, 6) is 2.69. The van der Waals surface area contributed by atoms with E-state index < -0.39 is 0 Å². The number of hydrogen-bond donors (Lipinski definition) is 1. The zero-order valence-electron chi connectivity index (χ0n) is 9.21. The van der Waals surface area contributed by atoms with Crippen LogP contribution in [0.1, 0.15) is 20.3 Å². The molecule has 1 aliphatic heterocycles. The van der Waals surface area contributed by atoms with Gasteiger partial charge in [0.2, 0.25) is 0 Å². The third-order valence-corrected chi connectivity index (χ3v) is 2.71. The van der Waals surface area contributed by atoms with Crippen molar-refractivity contribution in [2.45, 2.75) is 26.3 Å². The van der Waals surface area contributed by atoms with Gasteiger partial charge in [-0.3, -0.25) is 4.90 Å². The van der Waals surface area contributed by atoms with Crippen LogP contribution in [0.5, 0.6) is 0 Å². The molecule has 0 aliphatic carbocycles. The van der Waals surface area contributed by atoms with Crippen LogP contribution < -0.4 is 5.32 Å². The first kappa shape index (κ1) is 11.3. The number of rotatable bonds is 3. The molecule has 2 heteroatoms. The molecule has 1 heterocycles. The minimum absolute atomic E-state index is 0.521. The van der Waals surface area contributed by atoms with Crippen LogP contribution in [0.2, 0.25) is 0 Å². The van der Waals surface area contributed by atoms with Gasteiger partial charge in [0, 0.05) is 32.2 Å². The van der Waals surface area contributed by atoms with E-state index in [4.69, 9.17) is 6.42 Å². The number of allylic oxidation sites excluding steroid dienone is 1. The second-order valence-corrected chi connectivity index (χ2v) is 3.76. The zero-order chi connectivity index (χ0) is 10.4. The third-order valence-electron chi connectivity index (χ3n) is 2.71. The number of nitrogens with zero attached hydrogens (tertiary/aromatic N) is 1. The van der Waals surface area contributed by atoms with Gasteiger partial charge in [-0.25, -0.2) is 0 Å². The van der Waals surface area contributed by atoms with Crippen LogP contribution in [0.25, 0.3) is 0 Å². The average molecular weight is 192 g/mol. The standard InChI is InChI=1S/C12H20N2/c1-4-11(3)10-12(5-2)14-8-6-13-7-9-14/h1,10,12-13H,5-9H2,2-3H3/b11-10+. The summed E-state index contributed by atoms with van der Waals surface area (Å²) >= 11 is 0. The van der Waals surface area contributed by atoms with Crippen LogP contribution in [0.4, 0.5) is 0 Å². The van der Waals surface area contributed by atoms with E-state index in [0.717, 1.165) is 38.2 Å². The molecule has 0 radical (unpaired) electrons. The Hall–Kier alpha value is -0.780. The highest BCUT2D eigenvalue weighted by atomic mass is 15.2. The zero-order valence-corrected chi connectivity index (χ0v) is 9.21. The summed E-state index contributed by atoms with van der Waals surface area (Å²) in [5.41, 5.74) is 1.05. The Morgan fingerprint density at radius 3 is 2.71 bits per heavy atom. The van der Waals surface area contributed by atoms with Crippen molar-refractivity contribution < 1.29 is 0 Å². The minimum atomic E-state index is 0.521. The molecule has 0 saturated carbocycles. The van der Waals surface area contributed by atoms with E-state index in [9.17, 15) is 0 Å². The lowest BCUT2D eigenvalue weighted by molar-refractivity contribution is 0.198. The van der Waals surface area contributed by atoms with Gasteiger partial charge in [-0.2, -0.15) is 0 Å². The largest absolute Gasteiger partial charge is 0.314 e. The van der Waals surface area contributed by atoms with Crippen LogP contribution >= 0.6 is 0 Å². The lowest BCUT2D eigenvalue weighted by Crippen LogP contribution is -2.47. The first-order valence-electron chi connectivity index (χ1n) is 5.37. The number of nitrogens with one attached hydrogen (secondary N) is 1. The van der Waals surface area contributed by atoms with E-state index >= 15 is 0 Å². The molecule has 0 aromatic heterocycles. The van der Waals surface area contributed by atoms with Gasteiger partial charge in [-0.05, 0) is 18.9 Å². The summed E-state index contributed by atoms with van der Waals surface area (Å²) in [4.78, 5) is 2.50. The molecule has 78 valence electrons. The molecule has 1 unspecified atom stereocenters. The third kappa shape index (κ3) is 3.17. The highest BCUT2D eigenvalue weighted by molar-refractivity contribution is 5.24. The van der Waals surface area contributed by atoms with Crippen LogP contribution in [0.3, 0.4) is 0 Å². The predicted octanol–water partition coefficient (Wildman–Crippen LogP) is 1.25. The normalized spacial score (nSPS) is 21.6. The highest BCUT2D eigenvalue weighted by Gasteiger charge is 2.16. The molecule has 2 nitrogen and oxygen atoms in total. The quantitative estimate of drug-likeness (QED) is 0.677. The summed E-state index contributed by atoms with van der Waals surface area (Å²) < 4.78 is 0. The van der Waals surface area contributed by atoms with Gasteiger partial charge >= 0.3 is 0 Å². The van der Waals surface area contributed by atoms with E-state index in [2.05, 4.69) is 29.1 Å². The van der Waals surface area contributed by atoms with Crippen molar-refractivity contribution in [3.05, 3.63) is 11.6 Å². The topological polar surface area (TPSA) is 15.3 Å². The molecule has 1 aliphatic rings. The van der Waals surface area contributed by atoms with Crippen molar-refractivity contribution in [1.82, 2.24) is 10.2 Å². The van der Waals surface area contributed by atoms with Crippen LogP contribution in [0, 0.1) is 12.3 Å². The fourth-order valence-corrected chi connectivity index (χ4v) is 1.83. The number of piperazine rings is 1. The van der Waals surface area contributed by atoms with E-state index in [-0.39, 0.29) is 0 Å². The Kier molecular flexibility index (Phi) is 4.72. The number of hydrogen-bond acceptors (Lipinski definition) is 2. The first-order chi connectivity index (χ1) is 6.77. The van der Waals surface area contributed by atoms with Crippen molar-refractivity contribution >= 4 is 0 Å². The Labute approximate surface area is 87.4 Å². The summed E-state index contributed by atoms with van der Waals surface area (Å²) in [7, 11) is 0. The molecule has 0 bridgehead atoms. The monoisotopic (exact) mass is 192 g/mol. The van der Waals surface area contributed by atoms with Gasteiger partial charge in [0.05, 0.1) is 0 Å². The Balaban J connectivity index is 2.56. The number of terminal acetylenes is 1. The molecule has 0 aromatic carbocycles. The summed E-state index contributed by atoms with van der Waals surface area (Å²) in [6.07, 6.45) is 8.71. The van der Waals surface area contributed by atoms with E-state index in [0.29, 0.717) is 6.04 Å². The lowest BCUT2D eigenvalue weighted by atomic mass is 10.1. The van der Waals surface area contributed by atoms with Crippen molar-refractivity contribution in [2.75, 3.05) is 26.2 Å². The van der Waals surface area contributed by atoms with E-state index in [1.165, 1.54) is 0 Å². The van der Waals surface area contributed by atoms with Crippen LogP contribution in [-0.2, 0) is 0 Å². The first-order valence-corrected chi connectivity index (χ1v) is 5.37. The molecule has 1 N–H and O–H groups in total. The molecular formula is C12H20N2. The van der Waals surface area contributed by atoms with E-state index in [1.807, 2.05) is 6.92 Å². The highest BCUT2D eigenvalue weighted by Crippen LogP contribution is 2.09. The van der Waals surface area contributed by atoms with E-state index in [1.54, 1.807) is 0 Å². The van der Waals surface area contributed by atoms with Crippen molar-refractivity contribution in [3.63, 3.8) is 0 Å². The fourth-order valence-electron chi connectivity index (χ4n) is 1.83. The molecule has 0 spiro atoms. The predicted molar refractivity (Wildman–Crippen MR) is 61.1 cm³/mol. The lowest BCUT2D eigenvalue weighted by Gasteiger charge is -2.32. The molecule has 0 aromatic rings. The van der Waals surface area contributed by atoms with Gasteiger partial charge in [0.25, 0.3) is 0 Å². The molecule has 1 saturated heterocycles. The van der Waals surface area contributed by atoms with Crippen LogP contribution in [-0.4, -0.2) is 37.1 Å². The van der Waals surface area contributed by atoms with Gasteiger partial charge in [0.1, 0.15) is 0 Å². The Morgan fingerprint density at radius 1 is 1.57 bits per heavy atom. The fraction of sp³-hybridized carbons (Fsp3) is 0.667. The summed E-state index contributed by atoms with van der Waals surface area (Å²) in [5, 5.41) is 3.36. The maximum Gasteiger partial charge on any atom is 0.0288 e. The molecule has 1 atom stereocenters. The van der Waals surface area contributed by atoms with Gasteiger partial charge in [-0.15, -0.1) is 6.42 Å². The Morgan fingerprint density at radius 2 is 2.21 bits per heavy atom. The molecule has 1 fully saturated rings. The molecule has 1 rings (SSSR count). The van der Waals surface area contributed by atoms with Gasteiger partial charge in [0.15, 0.2) is 0 Å². The average Bonchev–Trinajstić information content (AvgIpc) is 2.26. The van der Waals surface area contributed by atoms with Crippen LogP contribution in [0.15, 0.2) is 11.6 Å². The van der Waals surface area contributed by atoms with Gasteiger partial charge < -0.3 is 5.32 Å².